The highest BCUT2D eigenvalue weighted by Gasteiger charge is 2.19. The van der Waals surface area contributed by atoms with Gasteiger partial charge in [0.2, 0.25) is 0 Å². The first-order chi connectivity index (χ1) is 10.1. The van der Waals surface area contributed by atoms with Crippen LogP contribution in [0.2, 0.25) is 0 Å². The maximum atomic E-state index is 12.2. The molecule has 0 radical (unpaired) electrons. The van der Waals surface area contributed by atoms with Crippen molar-refractivity contribution in [2.75, 3.05) is 0 Å². The van der Waals surface area contributed by atoms with Crippen molar-refractivity contribution in [1.82, 2.24) is 0 Å². The van der Waals surface area contributed by atoms with E-state index in [9.17, 15) is 9.00 Å². The Balaban J connectivity index is 4.86. The van der Waals surface area contributed by atoms with Crippen LogP contribution in [-0.4, -0.2) is 21.8 Å². The van der Waals surface area contributed by atoms with Gasteiger partial charge < -0.3 is 10.5 Å². The lowest BCUT2D eigenvalue weighted by Crippen LogP contribution is -2.29. The zero-order valence-corrected chi connectivity index (χ0v) is 15.0. The first-order valence-corrected chi connectivity index (χ1v) is 8.35. The predicted octanol–water partition coefficient (Wildman–Crippen LogP) is 3.52. The summed E-state index contributed by atoms with van der Waals surface area (Å²) in [6, 6.07) is -0.668. The summed E-state index contributed by atoms with van der Waals surface area (Å²) in [5, 5.41) is 0. The molecule has 2 N–H and O–H groups in total. The third-order valence-corrected chi connectivity index (χ3v) is 3.98. The fourth-order valence-corrected chi connectivity index (χ4v) is 2.68. The second-order valence-corrected chi connectivity index (χ2v) is 7.57. The summed E-state index contributed by atoms with van der Waals surface area (Å²) in [4.78, 5) is 12.1. The Morgan fingerprint density at radius 2 is 2.05 bits per heavy atom. The Morgan fingerprint density at radius 3 is 2.50 bits per heavy atom. The number of halogens is 1. The summed E-state index contributed by atoms with van der Waals surface area (Å²) >= 11 is 6.01. The summed E-state index contributed by atoms with van der Waals surface area (Å²) in [5.41, 5.74) is 5.25. The molecule has 6 heteroatoms. The van der Waals surface area contributed by atoms with Crippen molar-refractivity contribution in [3.63, 3.8) is 0 Å². The molecule has 2 atom stereocenters. The van der Waals surface area contributed by atoms with Crippen molar-refractivity contribution in [2.24, 2.45) is 5.73 Å². The van der Waals surface area contributed by atoms with Gasteiger partial charge in [-0.25, -0.2) is 4.21 Å². The third-order valence-electron chi connectivity index (χ3n) is 2.21. The third kappa shape index (κ3) is 8.97. The maximum Gasteiger partial charge on any atom is 0.308 e. The van der Waals surface area contributed by atoms with E-state index in [1.165, 1.54) is 12.2 Å². The lowest BCUT2D eigenvalue weighted by molar-refractivity contribution is -0.154. The Morgan fingerprint density at radius 1 is 1.45 bits per heavy atom. The van der Waals surface area contributed by atoms with Crippen molar-refractivity contribution in [3.8, 4) is 0 Å². The number of allylic oxidation sites excluding steroid dienone is 4. The molecule has 0 bridgehead atoms. The van der Waals surface area contributed by atoms with E-state index in [-0.39, 0.29) is 10.8 Å². The van der Waals surface area contributed by atoms with Gasteiger partial charge in [-0.1, -0.05) is 36.4 Å². The highest BCUT2D eigenvalue weighted by Crippen LogP contribution is 2.18. The van der Waals surface area contributed by atoms with Crippen LogP contribution in [0.15, 0.2) is 46.2 Å². The molecule has 0 rings (SSSR count). The summed E-state index contributed by atoms with van der Waals surface area (Å²) < 4.78 is 17.4. The van der Waals surface area contributed by atoms with Crippen LogP contribution in [0.25, 0.3) is 0 Å². The molecule has 124 valence electrons. The molecule has 0 aromatic heterocycles. The molecular weight excluding hydrogens is 322 g/mol. The van der Waals surface area contributed by atoms with Gasteiger partial charge in [0.25, 0.3) is 0 Å². The predicted molar refractivity (Wildman–Crippen MR) is 93.6 cm³/mol. The van der Waals surface area contributed by atoms with E-state index in [1.54, 1.807) is 39.0 Å². The number of carbonyl (C=O) groups excluding carboxylic acids is 1. The van der Waals surface area contributed by atoms with Crippen LogP contribution < -0.4 is 5.73 Å². The molecule has 0 amide bonds. The minimum Gasteiger partial charge on any atom is -0.460 e. The van der Waals surface area contributed by atoms with Crippen LogP contribution in [-0.2, 0) is 20.3 Å². The van der Waals surface area contributed by atoms with Crippen molar-refractivity contribution >= 4 is 28.4 Å². The first kappa shape index (κ1) is 20.8. The number of hydrogen-bond donors (Lipinski definition) is 1. The molecule has 0 aliphatic carbocycles. The lowest BCUT2D eigenvalue weighted by Gasteiger charge is -2.20. The smallest absolute Gasteiger partial charge is 0.308 e. The normalized spacial score (nSPS) is 16.5. The van der Waals surface area contributed by atoms with Gasteiger partial charge in [-0.2, -0.15) is 0 Å². The second kappa shape index (κ2) is 9.77. The maximum absolute atomic E-state index is 12.2. The highest BCUT2D eigenvalue weighted by atomic mass is 35.5. The first-order valence-electron chi connectivity index (χ1n) is 6.82. The van der Waals surface area contributed by atoms with E-state index in [0.29, 0.717) is 4.91 Å². The molecule has 22 heavy (non-hydrogen) atoms. The van der Waals surface area contributed by atoms with E-state index in [0.717, 1.165) is 0 Å². The van der Waals surface area contributed by atoms with Gasteiger partial charge in [-0.3, -0.25) is 4.79 Å². The van der Waals surface area contributed by atoms with Gasteiger partial charge in [0.15, 0.2) is 0 Å². The number of ether oxygens (including phenoxy) is 1. The van der Waals surface area contributed by atoms with Crippen LogP contribution in [0, 0.1) is 0 Å². The lowest BCUT2D eigenvalue weighted by atomic mass is 10.2. The average Bonchev–Trinajstić information content (AvgIpc) is 2.36. The molecule has 0 aromatic carbocycles. The summed E-state index contributed by atoms with van der Waals surface area (Å²) in [6.45, 7) is 10.8. The molecule has 0 saturated carbocycles. The highest BCUT2D eigenvalue weighted by molar-refractivity contribution is 7.94. The number of nitrogens with two attached hydrogens (primary N) is 1. The molecular formula is C16H24ClNO3S. The topological polar surface area (TPSA) is 69.4 Å². The van der Waals surface area contributed by atoms with E-state index in [4.69, 9.17) is 22.1 Å². The van der Waals surface area contributed by atoms with Crippen molar-refractivity contribution in [2.45, 2.75) is 45.8 Å². The molecule has 4 nitrogen and oxygen atoms in total. The summed E-state index contributed by atoms with van der Waals surface area (Å²) in [5.74, 6) is -0.431. The van der Waals surface area contributed by atoms with E-state index >= 15 is 0 Å². The molecule has 0 fully saturated rings. The number of rotatable bonds is 7. The quantitative estimate of drug-likeness (QED) is 0.566. The van der Waals surface area contributed by atoms with Gasteiger partial charge in [0.05, 0.1) is 17.2 Å². The fourth-order valence-electron chi connectivity index (χ4n) is 1.37. The van der Waals surface area contributed by atoms with Crippen molar-refractivity contribution in [1.29, 1.82) is 0 Å². The second-order valence-electron chi connectivity index (χ2n) is 5.49. The standard InChI is InChI=1S/C16H24ClNO3S/c1-6-8-9-13(7-2)22(20)14(17)10-12(18)11-15(19)21-16(3,4)5/h6-10,12H,2,11,18H2,1,3-5H3/b8-6-,13-9+,14-10+. The zero-order chi connectivity index (χ0) is 17.3. The van der Waals surface area contributed by atoms with E-state index in [2.05, 4.69) is 6.58 Å². The monoisotopic (exact) mass is 345 g/mol. The number of carbonyl (C=O) groups is 1. The van der Waals surface area contributed by atoms with Crippen LogP contribution >= 0.6 is 11.6 Å². The van der Waals surface area contributed by atoms with Gasteiger partial charge in [0, 0.05) is 10.9 Å². The number of hydrogen-bond acceptors (Lipinski definition) is 4. The van der Waals surface area contributed by atoms with Gasteiger partial charge in [-0.05, 0) is 39.8 Å². The van der Waals surface area contributed by atoms with Gasteiger partial charge in [-0.15, -0.1) is 0 Å². The Labute approximate surface area is 140 Å². The van der Waals surface area contributed by atoms with Crippen LogP contribution in [0.5, 0.6) is 0 Å². The SMILES string of the molecule is C=C/C(=C\C=C/C)S(=O)/C(Cl)=C/C(N)CC(=O)OC(C)(C)C. The van der Waals surface area contributed by atoms with Gasteiger partial charge in [0.1, 0.15) is 9.97 Å². The summed E-state index contributed by atoms with van der Waals surface area (Å²) in [6.07, 6.45) is 8.01. The molecule has 0 aliphatic heterocycles. The molecule has 0 spiro atoms. The van der Waals surface area contributed by atoms with Crippen LogP contribution in [0.1, 0.15) is 34.1 Å². The van der Waals surface area contributed by atoms with Crippen molar-refractivity contribution in [3.05, 3.63) is 46.2 Å². The fraction of sp³-hybridized carbons (Fsp3) is 0.438. The molecule has 0 aromatic rings. The van der Waals surface area contributed by atoms with Crippen LogP contribution in [0.4, 0.5) is 0 Å². The Hall–Kier alpha value is -1.17. The Kier molecular flexibility index (Phi) is 9.25. The van der Waals surface area contributed by atoms with Crippen LogP contribution in [0.3, 0.4) is 0 Å². The molecule has 0 saturated heterocycles. The van der Waals surface area contributed by atoms with E-state index in [1.807, 2.05) is 6.92 Å². The Bertz CT molecular complexity index is 516. The van der Waals surface area contributed by atoms with Gasteiger partial charge >= 0.3 is 5.97 Å². The average molecular weight is 346 g/mol. The zero-order valence-electron chi connectivity index (χ0n) is 13.5. The molecule has 0 aliphatic rings. The minimum absolute atomic E-state index is 0.0350. The summed E-state index contributed by atoms with van der Waals surface area (Å²) in [7, 11) is -1.57. The molecule has 0 heterocycles. The van der Waals surface area contributed by atoms with E-state index < -0.39 is 28.4 Å². The minimum atomic E-state index is -1.57. The largest absolute Gasteiger partial charge is 0.460 e. The van der Waals surface area contributed by atoms with Crippen molar-refractivity contribution < 1.29 is 13.7 Å². The number of esters is 1. The molecule has 2 unspecified atom stereocenters.